The van der Waals surface area contributed by atoms with Crippen LogP contribution in [-0.2, 0) is 6.42 Å². The van der Waals surface area contributed by atoms with Crippen molar-refractivity contribution in [1.29, 1.82) is 0 Å². The summed E-state index contributed by atoms with van der Waals surface area (Å²) in [5.41, 5.74) is 2.44. The van der Waals surface area contributed by atoms with Gasteiger partial charge in [-0.15, -0.1) is 11.3 Å². The van der Waals surface area contributed by atoms with Crippen LogP contribution in [0.5, 0.6) is 0 Å². The first-order valence-corrected chi connectivity index (χ1v) is 4.97. The topological polar surface area (TPSA) is 12.9 Å². The first kappa shape index (κ1) is 7.74. The van der Waals surface area contributed by atoms with Gasteiger partial charge in [-0.3, -0.25) is 0 Å². The van der Waals surface area contributed by atoms with Crippen molar-refractivity contribution in [3.05, 3.63) is 28.8 Å². The Hall–Kier alpha value is -0.890. The largest absolute Gasteiger partial charge is 0.241 e. The molecule has 1 aromatic carbocycles. The molecule has 0 amide bonds. The summed E-state index contributed by atoms with van der Waals surface area (Å²) in [6.45, 7) is 4.25. The third-order valence-corrected chi connectivity index (χ3v) is 3.07. The number of thiazole rings is 1. The van der Waals surface area contributed by atoms with Crippen molar-refractivity contribution in [2.24, 2.45) is 0 Å². The van der Waals surface area contributed by atoms with Crippen LogP contribution in [0, 0.1) is 6.92 Å². The van der Waals surface area contributed by atoms with E-state index < -0.39 is 0 Å². The Balaban J connectivity index is 2.67. The fourth-order valence-corrected chi connectivity index (χ4v) is 2.12. The molecule has 0 unspecified atom stereocenters. The molecule has 0 aliphatic carbocycles. The predicted octanol–water partition coefficient (Wildman–Crippen LogP) is 3.17. The van der Waals surface area contributed by atoms with Gasteiger partial charge in [-0.05, 0) is 31.0 Å². The summed E-state index contributed by atoms with van der Waals surface area (Å²) >= 11 is 1.79. The van der Waals surface area contributed by atoms with Gasteiger partial charge < -0.3 is 0 Å². The van der Waals surface area contributed by atoms with Gasteiger partial charge in [0.25, 0.3) is 0 Å². The molecule has 0 fully saturated rings. The molecule has 1 nitrogen and oxygen atoms in total. The molecule has 0 atom stereocenters. The lowest BCUT2D eigenvalue weighted by Crippen LogP contribution is -1.75. The summed E-state index contributed by atoms with van der Waals surface area (Å²) in [5.74, 6) is 0. The van der Waals surface area contributed by atoms with E-state index in [4.69, 9.17) is 0 Å². The van der Waals surface area contributed by atoms with E-state index in [0.29, 0.717) is 0 Å². The maximum atomic E-state index is 4.51. The Morgan fingerprint density at radius 2 is 2.25 bits per heavy atom. The minimum Gasteiger partial charge on any atom is -0.241 e. The molecule has 0 radical (unpaired) electrons. The van der Waals surface area contributed by atoms with E-state index in [1.165, 1.54) is 15.3 Å². The van der Waals surface area contributed by atoms with Gasteiger partial charge in [-0.1, -0.05) is 13.0 Å². The van der Waals surface area contributed by atoms with E-state index in [2.05, 4.69) is 37.0 Å². The smallest absolute Gasteiger partial charge is 0.0935 e. The molecule has 2 rings (SSSR count). The van der Waals surface area contributed by atoms with E-state index >= 15 is 0 Å². The average Bonchev–Trinajstić information content (AvgIpc) is 2.46. The second-order valence-electron chi connectivity index (χ2n) is 2.93. The first-order valence-electron chi connectivity index (χ1n) is 4.15. The van der Waals surface area contributed by atoms with Crippen LogP contribution >= 0.6 is 11.3 Å². The Morgan fingerprint density at radius 1 is 1.42 bits per heavy atom. The molecular weight excluding hydrogens is 166 g/mol. The molecule has 0 saturated heterocycles. The Labute approximate surface area is 76.1 Å². The molecule has 0 saturated carbocycles. The molecule has 12 heavy (non-hydrogen) atoms. The Bertz CT molecular complexity index is 403. The van der Waals surface area contributed by atoms with E-state index in [1.54, 1.807) is 11.3 Å². The minimum atomic E-state index is 1.04. The van der Waals surface area contributed by atoms with Crippen molar-refractivity contribution >= 4 is 21.6 Å². The zero-order chi connectivity index (χ0) is 8.55. The standard InChI is InChI=1S/C10H11NS/c1-3-10-11-8-6-7(2)4-5-9(8)12-10/h4-6H,3H2,1-2H3. The van der Waals surface area contributed by atoms with Crippen molar-refractivity contribution in [1.82, 2.24) is 4.98 Å². The highest BCUT2D eigenvalue weighted by atomic mass is 32.1. The normalized spacial score (nSPS) is 10.8. The van der Waals surface area contributed by atoms with Gasteiger partial charge in [0.2, 0.25) is 0 Å². The second-order valence-corrected chi connectivity index (χ2v) is 4.05. The van der Waals surface area contributed by atoms with Crippen LogP contribution in [0.1, 0.15) is 17.5 Å². The third kappa shape index (κ3) is 1.23. The number of nitrogens with zero attached hydrogens (tertiary/aromatic N) is 1. The molecule has 0 spiro atoms. The van der Waals surface area contributed by atoms with Gasteiger partial charge in [0.05, 0.1) is 15.2 Å². The van der Waals surface area contributed by atoms with Gasteiger partial charge in [-0.25, -0.2) is 4.98 Å². The highest BCUT2D eigenvalue weighted by Crippen LogP contribution is 2.22. The average molecular weight is 177 g/mol. The summed E-state index contributed by atoms with van der Waals surface area (Å²) in [6, 6.07) is 6.44. The lowest BCUT2D eigenvalue weighted by atomic mass is 10.2. The van der Waals surface area contributed by atoms with Crippen molar-refractivity contribution in [3.63, 3.8) is 0 Å². The zero-order valence-corrected chi connectivity index (χ0v) is 8.11. The third-order valence-electron chi connectivity index (χ3n) is 1.89. The number of rotatable bonds is 1. The van der Waals surface area contributed by atoms with Crippen LogP contribution in [0.4, 0.5) is 0 Å². The van der Waals surface area contributed by atoms with Crippen molar-refractivity contribution < 1.29 is 0 Å². The van der Waals surface area contributed by atoms with E-state index in [1.807, 2.05) is 0 Å². The fraction of sp³-hybridized carbons (Fsp3) is 0.300. The number of fused-ring (bicyclic) bond motifs is 1. The second kappa shape index (κ2) is 2.87. The Morgan fingerprint density at radius 3 is 3.00 bits per heavy atom. The minimum absolute atomic E-state index is 1.04. The van der Waals surface area contributed by atoms with Crippen LogP contribution in [0.3, 0.4) is 0 Å². The van der Waals surface area contributed by atoms with Crippen molar-refractivity contribution in [3.8, 4) is 0 Å². The monoisotopic (exact) mass is 177 g/mol. The maximum Gasteiger partial charge on any atom is 0.0935 e. The van der Waals surface area contributed by atoms with Crippen LogP contribution in [-0.4, -0.2) is 4.98 Å². The SMILES string of the molecule is CCc1nc2cc(C)ccc2s1. The number of benzene rings is 1. The summed E-state index contributed by atoms with van der Waals surface area (Å²) in [4.78, 5) is 4.51. The molecule has 1 aromatic heterocycles. The number of aromatic nitrogens is 1. The van der Waals surface area contributed by atoms with Gasteiger partial charge in [0.1, 0.15) is 0 Å². The molecular formula is C10H11NS. The Kier molecular flexibility index (Phi) is 1.85. The molecule has 0 aliphatic rings. The van der Waals surface area contributed by atoms with Gasteiger partial charge in [0.15, 0.2) is 0 Å². The highest BCUT2D eigenvalue weighted by molar-refractivity contribution is 7.18. The van der Waals surface area contributed by atoms with Crippen LogP contribution in [0.15, 0.2) is 18.2 Å². The maximum absolute atomic E-state index is 4.51. The summed E-state index contributed by atoms with van der Waals surface area (Å²) in [6.07, 6.45) is 1.04. The van der Waals surface area contributed by atoms with Gasteiger partial charge >= 0.3 is 0 Å². The molecule has 0 bridgehead atoms. The quantitative estimate of drug-likeness (QED) is 0.652. The van der Waals surface area contributed by atoms with Crippen molar-refractivity contribution in [2.45, 2.75) is 20.3 Å². The number of hydrogen-bond acceptors (Lipinski definition) is 2. The van der Waals surface area contributed by atoms with Crippen LogP contribution in [0.25, 0.3) is 10.2 Å². The highest BCUT2D eigenvalue weighted by Gasteiger charge is 2.00. The van der Waals surface area contributed by atoms with Crippen molar-refractivity contribution in [2.75, 3.05) is 0 Å². The molecule has 1 heterocycles. The first-order chi connectivity index (χ1) is 5.79. The predicted molar refractivity (Wildman–Crippen MR) is 53.7 cm³/mol. The molecule has 0 N–H and O–H groups in total. The molecule has 62 valence electrons. The van der Waals surface area contributed by atoms with E-state index in [9.17, 15) is 0 Å². The lowest BCUT2D eigenvalue weighted by molar-refractivity contribution is 1.11. The zero-order valence-electron chi connectivity index (χ0n) is 7.29. The van der Waals surface area contributed by atoms with Crippen LogP contribution < -0.4 is 0 Å². The summed E-state index contributed by atoms with van der Waals surface area (Å²) < 4.78 is 1.30. The van der Waals surface area contributed by atoms with Gasteiger partial charge in [-0.2, -0.15) is 0 Å². The molecule has 2 aromatic rings. The summed E-state index contributed by atoms with van der Waals surface area (Å²) in [5, 5.41) is 1.23. The van der Waals surface area contributed by atoms with Gasteiger partial charge in [0, 0.05) is 0 Å². The van der Waals surface area contributed by atoms with E-state index in [-0.39, 0.29) is 0 Å². The molecule has 0 aliphatic heterocycles. The fourth-order valence-electron chi connectivity index (χ4n) is 1.24. The molecule has 2 heteroatoms. The number of aryl methyl sites for hydroxylation is 2. The lowest BCUT2D eigenvalue weighted by Gasteiger charge is -1.88. The van der Waals surface area contributed by atoms with E-state index in [0.717, 1.165) is 11.9 Å². The number of hydrogen-bond donors (Lipinski definition) is 0. The summed E-state index contributed by atoms with van der Waals surface area (Å²) in [7, 11) is 0. The van der Waals surface area contributed by atoms with Crippen LogP contribution in [0.2, 0.25) is 0 Å².